The van der Waals surface area contributed by atoms with Crippen LogP contribution in [0.3, 0.4) is 0 Å². The summed E-state index contributed by atoms with van der Waals surface area (Å²) in [5.74, 6) is -1.57. The Morgan fingerprint density at radius 2 is 1.92 bits per heavy atom. The minimum absolute atomic E-state index is 0.0497. The highest BCUT2D eigenvalue weighted by Gasteiger charge is 2.46. The van der Waals surface area contributed by atoms with E-state index in [1.807, 2.05) is 19.1 Å². The van der Waals surface area contributed by atoms with Gasteiger partial charge < -0.3 is 14.7 Å². The SMILES string of the molecule is COCCN1C(=O)C(=O)/C(=C(\O)c2ccc(C)cc2)C1c1ccccn1. The topological polar surface area (TPSA) is 79.7 Å². The summed E-state index contributed by atoms with van der Waals surface area (Å²) in [5, 5.41) is 10.8. The number of carbonyl (C=O) groups is 2. The lowest BCUT2D eigenvalue weighted by molar-refractivity contribution is -0.140. The Hall–Kier alpha value is -2.99. The molecule has 1 aromatic heterocycles. The van der Waals surface area contributed by atoms with Gasteiger partial charge in [0.15, 0.2) is 0 Å². The molecule has 0 radical (unpaired) electrons. The van der Waals surface area contributed by atoms with Crippen LogP contribution in [-0.2, 0) is 14.3 Å². The monoisotopic (exact) mass is 352 g/mol. The van der Waals surface area contributed by atoms with Gasteiger partial charge in [-0.25, -0.2) is 0 Å². The van der Waals surface area contributed by atoms with Crippen molar-refractivity contribution in [2.24, 2.45) is 0 Å². The molecule has 1 aliphatic heterocycles. The Morgan fingerprint density at radius 1 is 1.19 bits per heavy atom. The average Bonchev–Trinajstić information content (AvgIpc) is 2.91. The van der Waals surface area contributed by atoms with Crippen LogP contribution in [0.15, 0.2) is 54.2 Å². The molecule has 1 fully saturated rings. The number of hydrogen-bond donors (Lipinski definition) is 1. The van der Waals surface area contributed by atoms with Crippen molar-refractivity contribution in [2.75, 3.05) is 20.3 Å². The molecule has 0 spiro atoms. The highest BCUT2D eigenvalue weighted by Crippen LogP contribution is 2.38. The minimum atomic E-state index is -0.743. The lowest BCUT2D eigenvalue weighted by Gasteiger charge is -2.24. The first-order valence-corrected chi connectivity index (χ1v) is 8.30. The zero-order valence-corrected chi connectivity index (χ0v) is 14.7. The van der Waals surface area contributed by atoms with Gasteiger partial charge >= 0.3 is 0 Å². The number of aliphatic hydroxyl groups is 1. The number of Topliss-reactive ketones (excluding diaryl/α,β-unsaturated/α-hetero) is 1. The largest absolute Gasteiger partial charge is 0.507 e. The lowest BCUT2D eigenvalue weighted by Crippen LogP contribution is -2.33. The molecule has 2 heterocycles. The van der Waals surface area contributed by atoms with Crippen LogP contribution in [0.5, 0.6) is 0 Å². The molecule has 1 N–H and O–H groups in total. The van der Waals surface area contributed by atoms with Crippen molar-refractivity contribution in [1.29, 1.82) is 0 Å². The maximum atomic E-state index is 12.7. The van der Waals surface area contributed by atoms with Crippen molar-refractivity contribution in [3.8, 4) is 0 Å². The minimum Gasteiger partial charge on any atom is -0.507 e. The molecule has 1 saturated heterocycles. The maximum Gasteiger partial charge on any atom is 0.295 e. The van der Waals surface area contributed by atoms with Crippen LogP contribution < -0.4 is 0 Å². The summed E-state index contributed by atoms with van der Waals surface area (Å²) in [6, 6.07) is 11.7. The Labute approximate surface area is 151 Å². The summed E-state index contributed by atoms with van der Waals surface area (Å²) in [4.78, 5) is 30.9. The first kappa shape index (κ1) is 17.8. The third-order valence-electron chi connectivity index (χ3n) is 4.37. The van der Waals surface area contributed by atoms with Gasteiger partial charge in [-0.1, -0.05) is 35.9 Å². The zero-order valence-electron chi connectivity index (χ0n) is 14.7. The van der Waals surface area contributed by atoms with Crippen LogP contribution in [0.4, 0.5) is 0 Å². The highest BCUT2D eigenvalue weighted by atomic mass is 16.5. The number of rotatable bonds is 5. The lowest BCUT2D eigenvalue weighted by atomic mass is 9.98. The van der Waals surface area contributed by atoms with E-state index in [-0.39, 0.29) is 24.5 Å². The molecule has 1 amide bonds. The third-order valence-corrected chi connectivity index (χ3v) is 4.37. The van der Waals surface area contributed by atoms with Gasteiger partial charge in [0.25, 0.3) is 11.7 Å². The van der Waals surface area contributed by atoms with E-state index in [1.165, 1.54) is 12.0 Å². The fraction of sp³-hybridized carbons (Fsp3) is 0.250. The summed E-state index contributed by atoms with van der Waals surface area (Å²) in [6.45, 7) is 2.44. The molecule has 0 aliphatic carbocycles. The molecule has 1 aromatic carbocycles. The molecule has 26 heavy (non-hydrogen) atoms. The van der Waals surface area contributed by atoms with Gasteiger partial charge in [0.05, 0.1) is 17.9 Å². The van der Waals surface area contributed by atoms with E-state index in [9.17, 15) is 14.7 Å². The molecule has 0 saturated carbocycles. The Morgan fingerprint density at radius 3 is 2.54 bits per heavy atom. The summed E-state index contributed by atoms with van der Waals surface area (Å²) in [5.41, 5.74) is 2.09. The standard InChI is InChI=1S/C20H20N2O4/c1-13-6-8-14(9-7-13)18(23)16-17(15-5-3-4-10-21-15)22(11-12-26-2)20(25)19(16)24/h3-10,17,23H,11-12H2,1-2H3/b18-16-. The molecule has 0 bridgehead atoms. The summed E-state index contributed by atoms with van der Waals surface area (Å²) in [6.07, 6.45) is 1.59. The number of aryl methyl sites for hydroxylation is 1. The predicted octanol–water partition coefficient (Wildman–Crippen LogP) is 2.46. The number of ketones is 1. The number of benzene rings is 1. The van der Waals surface area contributed by atoms with Crippen LogP contribution in [0, 0.1) is 6.92 Å². The second-order valence-electron chi connectivity index (χ2n) is 6.11. The first-order valence-electron chi connectivity index (χ1n) is 8.30. The number of aliphatic hydroxyl groups excluding tert-OH is 1. The first-order chi connectivity index (χ1) is 12.5. The van der Waals surface area contributed by atoms with Crippen molar-refractivity contribution in [1.82, 2.24) is 9.88 Å². The van der Waals surface area contributed by atoms with Crippen molar-refractivity contribution >= 4 is 17.4 Å². The Balaban J connectivity index is 2.14. The average molecular weight is 352 g/mol. The summed E-state index contributed by atoms with van der Waals surface area (Å²) in [7, 11) is 1.53. The molecule has 1 atom stereocenters. The van der Waals surface area contributed by atoms with E-state index in [4.69, 9.17) is 4.74 Å². The molecule has 134 valence electrons. The van der Waals surface area contributed by atoms with E-state index in [0.717, 1.165) is 5.56 Å². The number of nitrogens with zero attached hydrogens (tertiary/aromatic N) is 2. The van der Waals surface area contributed by atoms with Crippen LogP contribution >= 0.6 is 0 Å². The number of likely N-dealkylation sites (tertiary alicyclic amines) is 1. The summed E-state index contributed by atoms with van der Waals surface area (Å²) < 4.78 is 5.06. The van der Waals surface area contributed by atoms with Gasteiger partial charge in [0, 0.05) is 25.4 Å². The maximum absolute atomic E-state index is 12.7. The fourth-order valence-electron chi connectivity index (χ4n) is 3.01. The number of methoxy groups -OCH3 is 1. The van der Waals surface area contributed by atoms with Crippen LogP contribution in [0.2, 0.25) is 0 Å². The van der Waals surface area contributed by atoms with Gasteiger partial charge in [-0.05, 0) is 19.1 Å². The molecular weight excluding hydrogens is 332 g/mol. The number of ether oxygens (including phenoxy) is 1. The third kappa shape index (κ3) is 3.23. The molecule has 2 aromatic rings. The molecular formula is C20H20N2O4. The predicted molar refractivity (Wildman–Crippen MR) is 96.3 cm³/mol. The van der Waals surface area contributed by atoms with Crippen LogP contribution in [0.1, 0.15) is 22.9 Å². The van der Waals surface area contributed by atoms with Crippen molar-refractivity contribution in [2.45, 2.75) is 13.0 Å². The fourth-order valence-corrected chi connectivity index (χ4v) is 3.01. The quantitative estimate of drug-likeness (QED) is 0.508. The van der Waals surface area contributed by atoms with Crippen LogP contribution in [-0.4, -0.2) is 46.9 Å². The normalized spacial score (nSPS) is 19.2. The van der Waals surface area contributed by atoms with Crippen molar-refractivity contribution in [3.05, 3.63) is 71.1 Å². The van der Waals surface area contributed by atoms with Gasteiger partial charge in [-0.2, -0.15) is 0 Å². The second-order valence-corrected chi connectivity index (χ2v) is 6.11. The summed E-state index contributed by atoms with van der Waals surface area (Å²) >= 11 is 0. The van der Waals surface area contributed by atoms with Crippen LogP contribution in [0.25, 0.3) is 5.76 Å². The van der Waals surface area contributed by atoms with Gasteiger partial charge in [0.2, 0.25) is 0 Å². The van der Waals surface area contributed by atoms with E-state index in [0.29, 0.717) is 11.3 Å². The number of carbonyl (C=O) groups excluding carboxylic acids is 2. The van der Waals surface area contributed by atoms with E-state index in [1.54, 1.807) is 36.5 Å². The smallest absolute Gasteiger partial charge is 0.295 e. The highest BCUT2D eigenvalue weighted by molar-refractivity contribution is 6.46. The Kier molecular flexibility index (Phi) is 5.14. The van der Waals surface area contributed by atoms with Gasteiger partial charge in [-0.15, -0.1) is 0 Å². The molecule has 1 unspecified atom stereocenters. The van der Waals surface area contributed by atoms with Gasteiger partial charge in [0.1, 0.15) is 11.8 Å². The zero-order chi connectivity index (χ0) is 18.7. The van der Waals surface area contributed by atoms with Gasteiger partial charge in [-0.3, -0.25) is 14.6 Å². The molecule has 6 heteroatoms. The number of aromatic nitrogens is 1. The van der Waals surface area contributed by atoms with E-state index in [2.05, 4.69) is 4.98 Å². The van der Waals surface area contributed by atoms with Crippen molar-refractivity contribution < 1.29 is 19.4 Å². The number of hydrogen-bond acceptors (Lipinski definition) is 5. The molecule has 6 nitrogen and oxygen atoms in total. The molecule has 3 rings (SSSR count). The number of pyridine rings is 1. The molecule has 1 aliphatic rings. The van der Waals surface area contributed by atoms with E-state index >= 15 is 0 Å². The second kappa shape index (κ2) is 7.49. The van der Waals surface area contributed by atoms with E-state index < -0.39 is 17.7 Å². The Bertz CT molecular complexity index is 844. The number of amides is 1. The van der Waals surface area contributed by atoms with Crippen molar-refractivity contribution in [3.63, 3.8) is 0 Å².